The Morgan fingerprint density at radius 3 is 2.25 bits per heavy atom. The molecule has 8 heteroatoms. The summed E-state index contributed by atoms with van der Waals surface area (Å²) in [6, 6.07) is 5.95. The van der Waals surface area contributed by atoms with Crippen LogP contribution in [0.1, 0.15) is 35.7 Å². The average Bonchev–Trinajstić information content (AvgIpc) is 3.16. The van der Waals surface area contributed by atoms with Gasteiger partial charge < -0.3 is 28.7 Å². The second-order valence-electron chi connectivity index (χ2n) is 5.90. The van der Waals surface area contributed by atoms with E-state index in [4.69, 9.17) is 23.4 Å². The number of ether oxygens (including phenoxy) is 4. The number of hydrogen-bond donors (Lipinski definition) is 1. The summed E-state index contributed by atoms with van der Waals surface area (Å²) in [5.74, 6) is 1.39. The SMILES string of the molecule is CCOC(=O)C(C)NC(=O)c1ccc(Cc2c(OC)cc(OC)cc2OC)o1. The topological polar surface area (TPSA) is 96.2 Å². The molecule has 28 heavy (non-hydrogen) atoms. The molecule has 1 aromatic carbocycles. The Balaban J connectivity index is 2.17. The van der Waals surface area contributed by atoms with Gasteiger partial charge in [0.2, 0.25) is 0 Å². The zero-order valence-electron chi connectivity index (χ0n) is 16.7. The minimum Gasteiger partial charge on any atom is -0.496 e. The van der Waals surface area contributed by atoms with Gasteiger partial charge in [-0.15, -0.1) is 0 Å². The first-order chi connectivity index (χ1) is 13.4. The minimum atomic E-state index is -0.775. The number of methoxy groups -OCH3 is 3. The van der Waals surface area contributed by atoms with Gasteiger partial charge in [0.15, 0.2) is 5.76 Å². The number of nitrogens with one attached hydrogen (secondary N) is 1. The number of rotatable bonds is 9. The third-order valence-electron chi connectivity index (χ3n) is 4.04. The van der Waals surface area contributed by atoms with Crippen molar-refractivity contribution in [2.75, 3.05) is 27.9 Å². The maximum absolute atomic E-state index is 12.3. The zero-order chi connectivity index (χ0) is 20.7. The molecule has 1 heterocycles. The van der Waals surface area contributed by atoms with E-state index in [0.29, 0.717) is 29.4 Å². The van der Waals surface area contributed by atoms with Gasteiger partial charge in [0.25, 0.3) is 5.91 Å². The molecule has 0 saturated carbocycles. The third kappa shape index (κ3) is 4.97. The molecule has 0 bridgehead atoms. The number of benzene rings is 1. The number of furan rings is 1. The van der Waals surface area contributed by atoms with E-state index in [0.717, 1.165) is 5.56 Å². The van der Waals surface area contributed by atoms with Crippen LogP contribution in [0.4, 0.5) is 0 Å². The van der Waals surface area contributed by atoms with Gasteiger partial charge in [0.05, 0.1) is 27.9 Å². The number of carbonyl (C=O) groups is 2. The molecule has 1 amide bonds. The monoisotopic (exact) mass is 391 g/mol. The lowest BCUT2D eigenvalue weighted by Gasteiger charge is -2.14. The van der Waals surface area contributed by atoms with E-state index < -0.39 is 17.9 Å². The van der Waals surface area contributed by atoms with Crippen molar-refractivity contribution < 1.29 is 33.0 Å². The summed E-state index contributed by atoms with van der Waals surface area (Å²) in [5.41, 5.74) is 0.756. The van der Waals surface area contributed by atoms with Crippen LogP contribution >= 0.6 is 0 Å². The molecule has 1 atom stereocenters. The molecule has 0 spiro atoms. The highest BCUT2D eigenvalue weighted by Crippen LogP contribution is 2.35. The van der Waals surface area contributed by atoms with Crippen molar-refractivity contribution in [2.24, 2.45) is 0 Å². The molecular formula is C20H25NO7. The van der Waals surface area contributed by atoms with Crippen molar-refractivity contribution in [2.45, 2.75) is 26.3 Å². The first-order valence-electron chi connectivity index (χ1n) is 8.78. The van der Waals surface area contributed by atoms with Crippen LogP contribution in [-0.2, 0) is 16.0 Å². The summed E-state index contributed by atoms with van der Waals surface area (Å²) in [4.78, 5) is 23.9. The van der Waals surface area contributed by atoms with Gasteiger partial charge in [-0.1, -0.05) is 0 Å². The summed E-state index contributed by atoms with van der Waals surface area (Å²) < 4.78 is 26.6. The van der Waals surface area contributed by atoms with Crippen LogP contribution in [0.2, 0.25) is 0 Å². The van der Waals surface area contributed by atoms with E-state index >= 15 is 0 Å². The van der Waals surface area contributed by atoms with Crippen LogP contribution in [0.3, 0.4) is 0 Å². The van der Waals surface area contributed by atoms with E-state index in [-0.39, 0.29) is 12.4 Å². The van der Waals surface area contributed by atoms with Crippen LogP contribution in [0.15, 0.2) is 28.7 Å². The quantitative estimate of drug-likeness (QED) is 0.656. The van der Waals surface area contributed by atoms with Crippen molar-refractivity contribution in [3.63, 3.8) is 0 Å². The molecule has 0 aliphatic carbocycles. The Labute approximate surface area is 163 Å². The molecule has 2 aromatic rings. The van der Waals surface area contributed by atoms with Crippen molar-refractivity contribution in [1.82, 2.24) is 5.32 Å². The van der Waals surface area contributed by atoms with Gasteiger partial charge in [-0.25, -0.2) is 4.79 Å². The second kappa shape index (κ2) is 9.68. The van der Waals surface area contributed by atoms with Crippen LogP contribution < -0.4 is 19.5 Å². The molecular weight excluding hydrogens is 366 g/mol. The third-order valence-corrected chi connectivity index (χ3v) is 4.04. The van der Waals surface area contributed by atoms with Gasteiger partial charge in [0.1, 0.15) is 29.1 Å². The van der Waals surface area contributed by atoms with Crippen molar-refractivity contribution in [3.05, 3.63) is 41.3 Å². The maximum atomic E-state index is 12.3. The minimum absolute atomic E-state index is 0.0950. The van der Waals surface area contributed by atoms with E-state index in [1.165, 1.54) is 0 Å². The summed E-state index contributed by atoms with van der Waals surface area (Å²) in [6.45, 7) is 3.50. The summed E-state index contributed by atoms with van der Waals surface area (Å²) in [7, 11) is 4.66. The summed E-state index contributed by atoms with van der Waals surface area (Å²) >= 11 is 0. The number of carbonyl (C=O) groups excluding carboxylic acids is 2. The Hall–Kier alpha value is -3.16. The molecule has 152 valence electrons. The number of hydrogen-bond acceptors (Lipinski definition) is 7. The normalized spacial score (nSPS) is 11.5. The van der Waals surface area contributed by atoms with Gasteiger partial charge in [0, 0.05) is 24.1 Å². The van der Waals surface area contributed by atoms with Gasteiger partial charge in [-0.05, 0) is 26.0 Å². The molecule has 1 unspecified atom stereocenters. The van der Waals surface area contributed by atoms with E-state index in [9.17, 15) is 9.59 Å². The highest BCUT2D eigenvalue weighted by molar-refractivity contribution is 5.94. The standard InChI is InChI=1S/C20H25NO7/c1-6-27-20(23)12(2)21-19(22)16-8-7-13(28-16)9-15-17(25-4)10-14(24-3)11-18(15)26-5/h7-8,10-12H,6,9H2,1-5H3,(H,21,22). The molecule has 8 nitrogen and oxygen atoms in total. The fourth-order valence-electron chi connectivity index (χ4n) is 2.62. The number of amides is 1. The average molecular weight is 391 g/mol. The van der Waals surface area contributed by atoms with Gasteiger partial charge in [-0.3, -0.25) is 4.79 Å². The predicted octanol–water partition coefficient (Wildman–Crippen LogP) is 2.58. The van der Waals surface area contributed by atoms with Crippen LogP contribution in [-0.4, -0.2) is 45.9 Å². The highest BCUT2D eigenvalue weighted by Gasteiger charge is 2.21. The highest BCUT2D eigenvalue weighted by atomic mass is 16.5. The van der Waals surface area contributed by atoms with Crippen LogP contribution in [0.5, 0.6) is 17.2 Å². The largest absolute Gasteiger partial charge is 0.496 e. The van der Waals surface area contributed by atoms with Crippen LogP contribution in [0, 0.1) is 0 Å². The molecule has 1 N–H and O–H groups in total. The molecule has 0 aliphatic rings. The fourth-order valence-corrected chi connectivity index (χ4v) is 2.62. The molecule has 2 rings (SSSR count). The zero-order valence-corrected chi connectivity index (χ0v) is 16.7. The molecule has 0 fully saturated rings. The lowest BCUT2D eigenvalue weighted by Crippen LogP contribution is -2.39. The summed E-state index contributed by atoms with van der Waals surface area (Å²) in [5, 5.41) is 2.54. The van der Waals surface area contributed by atoms with Crippen LogP contribution in [0.25, 0.3) is 0 Å². The maximum Gasteiger partial charge on any atom is 0.328 e. The van der Waals surface area contributed by atoms with E-state index in [2.05, 4.69) is 5.32 Å². The van der Waals surface area contributed by atoms with Gasteiger partial charge in [-0.2, -0.15) is 0 Å². The molecule has 0 saturated heterocycles. The Morgan fingerprint density at radius 2 is 1.71 bits per heavy atom. The smallest absolute Gasteiger partial charge is 0.328 e. The Kier molecular flexibility index (Phi) is 7.31. The van der Waals surface area contributed by atoms with Crippen molar-refractivity contribution in [1.29, 1.82) is 0 Å². The van der Waals surface area contributed by atoms with Crippen molar-refractivity contribution >= 4 is 11.9 Å². The lowest BCUT2D eigenvalue weighted by molar-refractivity contribution is -0.144. The molecule has 0 aliphatic heterocycles. The first-order valence-corrected chi connectivity index (χ1v) is 8.78. The predicted molar refractivity (Wildman–Crippen MR) is 101 cm³/mol. The summed E-state index contributed by atoms with van der Waals surface area (Å²) in [6.07, 6.45) is 0.344. The lowest BCUT2D eigenvalue weighted by atomic mass is 10.1. The van der Waals surface area contributed by atoms with Crippen molar-refractivity contribution in [3.8, 4) is 17.2 Å². The first kappa shape index (κ1) is 21.1. The van der Waals surface area contributed by atoms with Gasteiger partial charge >= 0.3 is 5.97 Å². The Morgan fingerprint density at radius 1 is 1.07 bits per heavy atom. The Bertz CT molecular complexity index is 803. The molecule has 0 radical (unpaired) electrons. The second-order valence-corrected chi connectivity index (χ2v) is 5.90. The van der Waals surface area contributed by atoms with E-state index in [1.54, 1.807) is 59.4 Å². The van der Waals surface area contributed by atoms with E-state index in [1.807, 2.05) is 0 Å². The number of esters is 1. The molecule has 1 aromatic heterocycles. The fraction of sp³-hybridized carbons (Fsp3) is 0.400.